The van der Waals surface area contributed by atoms with Gasteiger partial charge in [-0.25, -0.2) is 4.68 Å². The van der Waals surface area contributed by atoms with Crippen LogP contribution in [0.2, 0.25) is 0 Å². The molecule has 0 radical (unpaired) electrons. The summed E-state index contributed by atoms with van der Waals surface area (Å²) < 4.78 is 43.7. The fraction of sp³-hybridized carbons (Fsp3) is 0.333. The molecule has 2 aromatic heterocycles. The Balaban J connectivity index is 1.41. The van der Waals surface area contributed by atoms with Gasteiger partial charge in [0.1, 0.15) is 5.75 Å². The Hall–Kier alpha value is -3.63. The van der Waals surface area contributed by atoms with E-state index in [2.05, 4.69) is 20.0 Å². The van der Waals surface area contributed by atoms with Crippen LogP contribution in [0, 0.1) is 13.8 Å². The number of nitrogens with zero attached hydrogens (tertiary/aromatic N) is 6. The van der Waals surface area contributed by atoms with Crippen LogP contribution in [0.15, 0.2) is 42.5 Å². The van der Waals surface area contributed by atoms with Gasteiger partial charge < -0.3 is 14.5 Å². The molecule has 1 amide bonds. The molecule has 0 spiro atoms. The average molecular weight is 446 g/mol. The monoisotopic (exact) mass is 446 g/mol. The summed E-state index contributed by atoms with van der Waals surface area (Å²) in [6.45, 7) is 5.45. The summed E-state index contributed by atoms with van der Waals surface area (Å²) in [5, 5.41) is 12.9. The first-order chi connectivity index (χ1) is 15.2. The number of anilines is 1. The third-order valence-electron chi connectivity index (χ3n) is 5.10. The second-order valence-corrected chi connectivity index (χ2v) is 7.41. The van der Waals surface area contributed by atoms with Gasteiger partial charge in [0, 0.05) is 31.9 Å². The van der Waals surface area contributed by atoms with Crippen LogP contribution in [0.4, 0.5) is 19.0 Å². The Morgan fingerprint density at radius 1 is 0.969 bits per heavy atom. The largest absolute Gasteiger partial charge is 0.573 e. The summed E-state index contributed by atoms with van der Waals surface area (Å²) in [7, 11) is 0. The lowest BCUT2D eigenvalue weighted by Crippen LogP contribution is -2.49. The Bertz CT molecular complexity index is 1110. The number of piperazine rings is 1. The van der Waals surface area contributed by atoms with Gasteiger partial charge in [-0.05, 0) is 44.2 Å². The van der Waals surface area contributed by atoms with E-state index < -0.39 is 18.0 Å². The number of benzene rings is 1. The molecule has 4 rings (SSSR count). The van der Waals surface area contributed by atoms with Gasteiger partial charge in [0.05, 0.1) is 11.3 Å². The second kappa shape index (κ2) is 8.48. The molecule has 0 saturated carbocycles. The molecule has 0 atom stereocenters. The molecule has 1 fully saturated rings. The van der Waals surface area contributed by atoms with Crippen LogP contribution in [0.3, 0.4) is 0 Å². The zero-order chi connectivity index (χ0) is 22.9. The zero-order valence-electron chi connectivity index (χ0n) is 17.5. The van der Waals surface area contributed by atoms with Gasteiger partial charge in [-0.1, -0.05) is 12.1 Å². The minimum atomic E-state index is -4.87. The van der Waals surface area contributed by atoms with Crippen LogP contribution >= 0.6 is 0 Å². The van der Waals surface area contributed by atoms with Crippen molar-refractivity contribution in [3.05, 3.63) is 59.4 Å². The fourth-order valence-electron chi connectivity index (χ4n) is 3.63. The number of hydrogen-bond acceptors (Lipinski definition) is 6. The number of aromatic nitrogens is 4. The number of ether oxygens (including phenoxy) is 1. The van der Waals surface area contributed by atoms with Crippen molar-refractivity contribution in [2.45, 2.75) is 20.2 Å². The fourth-order valence-corrected chi connectivity index (χ4v) is 3.63. The molecular formula is C21H21F3N6O2. The van der Waals surface area contributed by atoms with E-state index in [4.69, 9.17) is 0 Å². The highest BCUT2D eigenvalue weighted by Gasteiger charge is 2.34. The minimum Gasteiger partial charge on any atom is -0.405 e. The normalized spacial score (nSPS) is 14.5. The van der Waals surface area contributed by atoms with Crippen LogP contribution in [0.1, 0.15) is 21.7 Å². The Morgan fingerprint density at radius 3 is 2.22 bits per heavy atom. The number of amides is 1. The molecule has 0 bridgehead atoms. The number of para-hydroxylation sites is 1. The molecule has 8 nitrogen and oxygen atoms in total. The predicted octanol–water partition coefficient (Wildman–Crippen LogP) is 3.14. The molecule has 0 aliphatic carbocycles. The van der Waals surface area contributed by atoms with Gasteiger partial charge in [0.2, 0.25) is 0 Å². The van der Waals surface area contributed by atoms with E-state index in [1.165, 1.54) is 23.1 Å². The molecule has 11 heteroatoms. The van der Waals surface area contributed by atoms with Crippen LogP contribution in [0.5, 0.6) is 5.75 Å². The van der Waals surface area contributed by atoms with Crippen LogP contribution < -0.4 is 9.64 Å². The van der Waals surface area contributed by atoms with Gasteiger partial charge in [-0.2, -0.15) is 5.10 Å². The van der Waals surface area contributed by atoms with E-state index in [1.807, 2.05) is 36.9 Å². The number of rotatable bonds is 4. The standard InChI is InChI=1S/C21H21F3N6O2/c1-14-13-15(2)30(27-14)19-8-7-18(25-26-19)28-9-11-29(12-10-28)20(31)16-5-3-4-6-17(16)32-21(22,23)24/h3-8,13H,9-12H2,1-2H3. The van der Waals surface area contributed by atoms with E-state index in [9.17, 15) is 18.0 Å². The first-order valence-electron chi connectivity index (χ1n) is 9.97. The van der Waals surface area contributed by atoms with E-state index in [0.29, 0.717) is 37.8 Å². The predicted molar refractivity (Wildman–Crippen MR) is 110 cm³/mol. The molecular weight excluding hydrogens is 425 g/mol. The molecule has 3 heterocycles. The van der Waals surface area contributed by atoms with Crippen LogP contribution in [0.25, 0.3) is 5.82 Å². The maximum Gasteiger partial charge on any atom is 0.573 e. The number of carbonyl (C=O) groups is 1. The molecule has 1 aliphatic rings. The lowest BCUT2D eigenvalue weighted by Gasteiger charge is -2.35. The smallest absolute Gasteiger partial charge is 0.405 e. The molecule has 168 valence electrons. The summed E-state index contributed by atoms with van der Waals surface area (Å²) >= 11 is 0. The maximum absolute atomic E-state index is 12.8. The summed E-state index contributed by atoms with van der Waals surface area (Å²) in [4.78, 5) is 16.3. The Labute approximate surface area is 182 Å². The SMILES string of the molecule is Cc1cc(C)n(-c2ccc(N3CCN(C(=O)c4ccccc4OC(F)(F)F)CC3)nn2)n1. The van der Waals surface area contributed by atoms with Crippen molar-refractivity contribution in [2.24, 2.45) is 0 Å². The van der Waals surface area contributed by atoms with E-state index in [-0.39, 0.29) is 5.56 Å². The van der Waals surface area contributed by atoms with Crippen molar-refractivity contribution in [1.82, 2.24) is 24.9 Å². The Morgan fingerprint density at radius 2 is 1.62 bits per heavy atom. The molecule has 1 saturated heterocycles. The summed E-state index contributed by atoms with van der Waals surface area (Å²) in [6, 6.07) is 11.0. The van der Waals surface area contributed by atoms with Crippen molar-refractivity contribution in [1.29, 1.82) is 0 Å². The topological polar surface area (TPSA) is 76.4 Å². The van der Waals surface area contributed by atoms with E-state index in [1.54, 1.807) is 4.68 Å². The number of carbonyl (C=O) groups excluding carboxylic acids is 1. The highest BCUT2D eigenvalue weighted by atomic mass is 19.4. The van der Waals surface area contributed by atoms with Gasteiger partial charge in [0.25, 0.3) is 5.91 Å². The first kappa shape index (κ1) is 21.6. The average Bonchev–Trinajstić information content (AvgIpc) is 3.11. The zero-order valence-corrected chi connectivity index (χ0v) is 17.5. The van der Waals surface area contributed by atoms with E-state index >= 15 is 0 Å². The second-order valence-electron chi connectivity index (χ2n) is 7.41. The lowest BCUT2D eigenvalue weighted by molar-refractivity contribution is -0.274. The number of alkyl halides is 3. The number of hydrogen-bond donors (Lipinski definition) is 0. The molecule has 1 aliphatic heterocycles. The highest BCUT2D eigenvalue weighted by Crippen LogP contribution is 2.27. The van der Waals surface area contributed by atoms with Gasteiger partial charge in [-0.15, -0.1) is 23.4 Å². The van der Waals surface area contributed by atoms with Crippen molar-refractivity contribution in [3.63, 3.8) is 0 Å². The quantitative estimate of drug-likeness (QED) is 0.613. The minimum absolute atomic E-state index is 0.118. The number of aryl methyl sites for hydroxylation is 2. The molecule has 0 unspecified atom stereocenters. The van der Waals surface area contributed by atoms with Gasteiger partial charge in [0.15, 0.2) is 11.6 Å². The van der Waals surface area contributed by atoms with Crippen molar-refractivity contribution < 1.29 is 22.7 Å². The summed E-state index contributed by atoms with van der Waals surface area (Å²) in [5.74, 6) is 0.256. The Kier molecular flexibility index (Phi) is 5.72. The van der Waals surface area contributed by atoms with Crippen LogP contribution in [-0.2, 0) is 0 Å². The van der Waals surface area contributed by atoms with Gasteiger partial charge in [-0.3, -0.25) is 4.79 Å². The molecule has 1 aromatic carbocycles. The van der Waals surface area contributed by atoms with Crippen molar-refractivity contribution in [2.75, 3.05) is 31.1 Å². The van der Waals surface area contributed by atoms with Crippen molar-refractivity contribution >= 4 is 11.7 Å². The first-order valence-corrected chi connectivity index (χ1v) is 9.97. The highest BCUT2D eigenvalue weighted by molar-refractivity contribution is 5.97. The number of halogens is 3. The van der Waals surface area contributed by atoms with Crippen LogP contribution in [-0.4, -0.2) is 63.3 Å². The molecule has 32 heavy (non-hydrogen) atoms. The van der Waals surface area contributed by atoms with Crippen molar-refractivity contribution in [3.8, 4) is 11.6 Å². The molecule has 3 aromatic rings. The summed E-state index contributed by atoms with van der Waals surface area (Å²) in [5.41, 5.74) is 1.72. The van der Waals surface area contributed by atoms with Gasteiger partial charge >= 0.3 is 6.36 Å². The molecule has 0 N–H and O–H groups in total. The summed E-state index contributed by atoms with van der Waals surface area (Å²) in [6.07, 6.45) is -4.87. The lowest BCUT2D eigenvalue weighted by atomic mass is 10.1. The third-order valence-corrected chi connectivity index (χ3v) is 5.10. The third kappa shape index (κ3) is 4.66. The van der Waals surface area contributed by atoms with E-state index in [0.717, 1.165) is 17.5 Å². The maximum atomic E-state index is 12.8.